The Hall–Kier alpha value is -1.00. The summed E-state index contributed by atoms with van der Waals surface area (Å²) in [6, 6.07) is 7.96. The molecule has 1 aliphatic heterocycles. The van der Waals surface area contributed by atoms with Crippen molar-refractivity contribution in [2.45, 2.75) is 32.0 Å². The van der Waals surface area contributed by atoms with E-state index in [-0.39, 0.29) is 18.0 Å². The Morgan fingerprint density at radius 2 is 2.17 bits per heavy atom. The lowest BCUT2D eigenvalue weighted by molar-refractivity contribution is 0.0692. The van der Waals surface area contributed by atoms with E-state index in [1.165, 1.54) is 0 Å². The van der Waals surface area contributed by atoms with Crippen molar-refractivity contribution in [1.29, 1.82) is 0 Å². The first kappa shape index (κ1) is 13.4. The Bertz CT molecular complexity index is 436. The summed E-state index contributed by atoms with van der Waals surface area (Å²) < 4.78 is 0. The van der Waals surface area contributed by atoms with Crippen molar-refractivity contribution >= 4 is 17.7 Å². The van der Waals surface area contributed by atoms with Crippen molar-refractivity contribution in [3.8, 4) is 0 Å². The van der Waals surface area contributed by atoms with Gasteiger partial charge in [0.15, 0.2) is 0 Å². The highest BCUT2D eigenvalue weighted by molar-refractivity contribution is 7.98. The van der Waals surface area contributed by atoms with Gasteiger partial charge in [0.25, 0.3) is 5.91 Å². The van der Waals surface area contributed by atoms with Crippen LogP contribution in [0, 0.1) is 0 Å². The molecule has 1 aromatic rings. The van der Waals surface area contributed by atoms with Crippen molar-refractivity contribution in [2.75, 3.05) is 12.0 Å². The molecule has 1 aliphatic rings. The van der Waals surface area contributed by atoms with Gasteiger partial charge in [-0.2, -0.15) is 11.8 Å². The Morgan fingerprint density at radius 1 is 1.44 bits per heavy atom. The van der Waals surface area contributed by atoms with Gasteiger partial charge in [0.1, 0.15) is 0 Å². The quantitative estimate of drug-likeness (QED) is 0.886. The van der Waals surface area contributed by atoms with E-state index >= 15 is 0 Å². The van der Waals surface area contributed by atoms with E-state index in [2.05, 4.69) is 13.2 Å². The third-order valence-electron chi connectivity index (χ3n) is 3.62. The summed E-state index contributed by atoms with van der Waals surface area (Å²) in [6.07, 6.45) is 3.02. The highest BCUT2D eigenvalue weighted by Crippen LogP contribution is 2.25. The van der Waals surface area contributed by atoms with Crippen LogP contribution in [-0.4, -0.2) is 34.9 Å². The lowest BCUT2D eigenvalue weighted by atomic mass is 10.1. The highest BCUT2D eigenvalue weighted by Gasteiger charge is 2.32. The largest absolute Gasteiger partial charge is 0.330 e. The minimum Gasteiger partial charge on any atom is -0.330 e. The Morgan fingerprint density at radius 3 is 2.83 bits per heavy atom. The van der Waals surface area contributed by atoms with Crippen molar-refractivity contribution in [2.24, 2.45) is 5.73 Å². The lowest BCUT2D eigenvalue weighted by Crippen LogP contribution is -2.46. The number of thioether (sulfide) groups is 1. The molecule has 3 nitrogen and oxygen atoms in total. The molecule has 0 fully saturated rings. The maximum atomic E-state index is 12.3. The fourth-order valence-corrected chi connectivity index (χ4v) is 2.84. The molecular formula is C14H20N2OS. The Kier molecular flexibility index (Phi) is 4.30. The van der Waals surface area contributed by atoms with E-state index in [4.69, 9.17) is 5.73 Å². The zero-order valence-corrected chi connectivity index (χ0v) is 11.7. The minimum atomic E-state index is 0.0516. The zero-order chi connectivity index (χ0) is 13.1. The predicted octanol–water partition coefficient (Wildman–Crippen LogP) is 2.11. The number of carbonyl (C=O) groups is 1. The number of carbonyl (C=O) groups excluding carboxylic acids is 1. The van der Waals surface area contributed by atoms with Crippen LogP contribution >= 0.6 is 11.8 Å². The first-order valence-corrected chi connectivity index (χ1v) is 7.68. The molecule has 4 heteroatoms. The molecule has 2 rings (SSSR count). The normalized spacial score (nSPS) is 17.7. The number of nitrogens with zero attached hydrogens (tertiary/aromatic N) is 1. The van der Waals surface area contributed by atoms with Gasteiger partial charge >= 0.3 is 0 Å². The van der Waals surface area contributed by atoms with E-state index in [1.54, 1.807) is 11.8 Å². The van der Waals surface area contributed by atoms with E-state index in [0.29, 0.717) is 6.54 Å². The van der Waals surface area contributed by atoms with Gasteiger partial charge in [-0.3, -0.25) is 4.79 Å². The SMILES string of the molecule is CSCC[C@@H](N)[C@H](C)N1Cc2ccccc2C1=O. The van der Waals surface area contributed by atoms with Crippen molar-refractivity contribution in [3.63, 3.8) is 0 Å². The predicted molar refractivity (Wildman–Crippen MR) is 76.8 cm³/mol. The molecule has 1 amide bonds. The van der Waals surface area contributed by atoms with Crippen LogP contribution in [0.3, 0.4) is 0 Å². The molecule has 2 atom stereocenters. The van der Waals surface area contributed by atoms with E-state index < -0.39 is 0 Å². The van der Waals surface area contributed by atoms with Crippen molar-refractivity contribution in [1.82, 2.24) is 4.90 Å². The van der Waals surface area contributed by atoms with Crippen molar-refractivity contribution in [3.05, 3.63) is 35.4 Å². The summed E-state index contributed by atoms with van der Waals surface area (Å²) in [5.74, 6) is 1.17. The van der Waals surface area contributed by atoms with E-state index in [0.717, 1.165) is 23.3 Å². The van der Waals surface area contributed by atoms with Gasteiger partial charge in [-0.25, -0.2) is 0 Å². The maximum Gasteiger partial charge on any atom is 0.254 e. The first-order chi connectivity index (χ1) is 8.65. The molecule has 0 aromatic heterocycles. The maximum absolute atomic E-state index is 12.3. The number of benzene rings is 1. The molecule has 0 bridgehead atoms. The Balaban J connectivity index is 2.06. The van der Waals surface area contributed by atoms with Crippen LogP contribution in [0.25, 0.3) is 0 Å². The second kappa shape index (κ2) is 5.76. The molecule has 1 heterocycles. The van der Waals surface area contributed by atoms with Crippen molar-refractivity contribution < 1.29 is 4.79 Å². The third kappa shape index (κ3) is 2.54. The first-order valence-electron chi connectivity index (χ1n) is 6.28. The number of fused-ring (bicyclic) bond motifs is 1. The molecule has 0 unspecified atom stereocenters. The fourth-order valence-electron chi connectivity index (χ4n) is 2.33. The van der Waals surface area contributed by atoms with Crippen LogP contribution in [0.1, 0.15) is 29.3 Å². The molecule has 0 spiro atoms. The van der Waals surface area contributed by atoms with Gasteiger partial charge in [-0.1, -0.05) is 18.2 Å². The topological polar surface area (TPSA) is 46.3 Å². The van der Waals surface area contributed by atoms with Crippen LogP contribution in [0.15, 0.2) is 24.3 Å². The van der Waals surface area contributed by atoms with E-state index in [1.807, 2.05) is 29.2 Å². The minimum absolute atomic E-state index is 0.0516. The third-order valence-corrected chi connectivity index (χ3v) is 4.26. The number of hydrogen-bond acceptors (Lipinski definition) is 3. The molecule has 0 saturated carbocycles. The van der Waals surface area contributed by atoms with Gasteiger partial charge in [-0.05, 0) is 37.0 Å². The number of rotatable bonds is 5. The highest BCUT2D eigenvalue weighted by atomic mass is 32.2. The Labute approximate surface area is 113 Å². The van der Waals surface area contributed by atoms with Crippen LogP contribution in [-0.2, 0) is 6.54 Å². The summed E-state index contributed by atoms with van der Waals surface area (Å²) in [7, 11) is 0. The van der Waals surface area contributed by atoms with Gasteiger partial charge in [-0.15, -0.1) is 0 Å². The second-order valence-corrected chi connectivity index (χ2v) is 5.76. The summed E-state index contributed by atoms with van der Waals surface area (Å²) in [5, 5.41) is 0. The second-order valence-electron chi connectivity index (χ2n) is 4.78. The summed E-state index contributed by atoms with van der Waals surface area (Å²) in [5.41, 5.74) is 8.12. The monoisotopic (exact) mass is 264 g/mol. The number of amides is 1. The molecule has 18 heavy (non-hydrogen) atoms. The van der Waals surface area contributed by atoms with E-state index in [9.17, 15) is 4.79 Å². The molecule has 98 valence electrons. The lowest BCUT2D eigenvalue weighted by Gasteiger charge is -2.29. The molecule has 0 radical (unpaired) electrons. The van der Waals surface area contributed by atoms with Crippen LogP contribution in [0.4, 0.5) is 0 Å². The summed E-state index contributed by atoms with van der Waals surface area (Å²) in [4.78, 5) is 14.2. The number of hydrogen-bond donors (Lipinski definition) is 1. The molecule has 0 aliphatic carbocycles. The van der Waals surface area contributed by atoms with Gasteiger partial charge in [0.2, 0.25) is 0 Å². The van der Waals surface area contributed by atoms with Gasteiger partial charge < -0.3 is 10.6 Å². The molecule has 0 saturated heterocycles. The van der Waals surface area contributed by atoms with Crippen LogP contribution in [0.2, 0.25) is 0 Å². The van der Waals surface area contributed by atoms with Gasteiger partial charge in [0.05, 0.1) is 0 Å². The average Bonchev–Trinajstić information content (AvgIpc) is 2.73. The summed E-state index contributed by atoms with van der Waals surface area (Å²) >= 11 is 1.79. The fraction of sp³-hybridized carbons (Fsp3) is 0.500. The standard InChI is InChI=1S/C14H20N2OS/c1-10(13(15)7-8-18-2)16-9-11-5-3-4-6-12(11)14(16)17/h3-6,10,13H,7-9,15H2,1-2H3/t10-,13+/m0/s1. The van der Waals surface area contributed by atoms with Gasteiger partial charge in [0, 0.05) is 24.2 Å². The average molecular weight is 264 g/mol. The summed E-state index contributed by atoms with van der Waals surface area (Å²) in [6.45, 7) is 2.75. The molecule has 1 aromatic carbocycles. The smallest absolute Gasteiger partial charge is 0.254 e. The molecule has 2 N–H and O–H groups in total. The number of nitrogens with two attached hydrogens (primary N) is 1. The van der Waals surface area contributed by atoms with Crippen LogP contribution in [0.5, 0.6) is 0 Å². The zero-order valence-electron chi connectivity index (χ0n) is 10.9. The van der Waals surface area contributed by atoms with Crippen LogP contribution < -0.4 is 5.73 Å². The molecular weight excluding hydrogens is 244 g/mol.